The fourth-order valence-corrected chi connectivity index (χ4v) is 2.69. The molecule has 0 aromatic rings. The Labute approximate surface area is 147 Å². The number of ether oxygens (including phenoxy) is 1. The second-order valence-electron chi connectivity index (χ2n) is 6.37. The van der Waals surface area contributed by atoms with Crippen LogP contribution >= 0.6 is 11.9 Å². The zero-order valence-corrected chi connectivity index (χ0v) is 15.6. The van der Waals surface area contributed by atoms with Gasteiger partial charge in [0.1, 0.15) is 0 Å². The summed E-state index contributed by atoms with van der Waals surface area (Å²) in [5, 5.41) is 5.52. The van der Waals surface area contributed by atoms with Gasteiger partial charge >= 0.3 is 5.97 Å². The van der Waals surface area contributed by atoms with Gasteiger partial charge in [0.25, 0.3) is 0 Å². The minimum absolute atomic E-state index is 0.109. The molecule has 24 heavy (non-hydrogen) atoms. The largest absolute Gasteiger partial charge is 0.355 e. The first-order valence-corrected chi connectivity index (χ1v) is 9.03. The van der Waals surface area contributed by atoms with E-state index in [2.05, 4.69) is 34.2 Å². The summed E-state index contributed by atoms with van der Waals surface area (Å²) in [5.74, 6) is -1.18. The lowest BCUT2D eigenvalue weighted by atomic mass is 9.96. The van der Waals surface area contributed by atoms with E-state index in [9.17, 15) is 9.59 Å². The van der Waals surface area contributed by atoms with Gasteiger partial charge < -0.3 is 15.8 Å². The molecule has 9 heteroatoms. The van der Waals surface area contributed by atoms with Gasteiger partial charge in [0, 0.05) is 20.1 Å². The minimum atomic E-state index is -1.21. The SMILES string of the molecule is COC1(NC(=O)CCC(C)C(N)C(=O)NCCC(C)C)N=CSN1. The van der Waals surface area contributed by atoms with Crippen LogP contribution in [0.1, 0.15) is 40.0 Å². The number of hydrogen-bond donors (Lipinski definition) is 4. The van der Waals surface area contributed by atoms with Crippen molar-refractivity contribution in [1.82, 2.24) is 15.4 Å². The lowest BCUT2D eigenvalue weighted by molar-refractivity contribution is -0.132. The van der Waals surface area contributed by atoms with Crippen LogP contribution in [-0.4, -0.2) is 43.0 Å². The highest BCUT2D eigenvalue weighted by molar-refractivity contribution is 8.10. The van der Waals surface area contributed by atoms with Gasteiger partial charge in [-0.15, -0.1) is 0 Å². The first-order chi connectivity index (χ1) is 11.3. The topological polar surface area (TPSA) is 118 Å². The molecule has 8 nitrogen and oxygen atoms in total. The van der Waals surface area contributed by atoms with E-state index in [1.54, 1.807) is 5.55 Å². The molecule has 3 unspecified atom stereocenters. The normalized spacial score (nSPS) is 22.4. The number of carbonyl (C=O) groups is 2. The van der Waals surface area contributed by atoms with E-state index in [0.717, 1.165) is 6.42 Å². The Balaban J connectivity index is 2.33. The van der Waals surface area contributed by atoms with Crippen molar-refractivity contribution >= 4 is 29.3 Å². The summed E-state index contributed by atoms with van der Waals surface area (Å²) >= 11 is 1.24. The Morgan fingerprint density at radius 2 is 2.08 bits per heavy atom. The number of methoxy groups -OCH3 is 1. The summed E-state index contributed by atoms with van der Waals surface area (Å²) < 4.78 is 8.04. The van der Waals surface area contributed by atoms with Gasteiger partial charge in [0.15, 0.2) is 0 Å². The van der Waals surface area contributed by atoms with E-state index in [-0.39, 0.29) is 24.2 Å². The number of aliphatic imine (C=N–C) groups is 1. The third kappa shape index (κ3) is 6.76. The highest BCUT2D eigenvalue weighted by atomic mass is 32.2. The van der Waals surface area contributed by atoms with Gasteiger partial charge in [-0.3, -0.25) is 14.9 Å². The molecule has 0 aliphatic carbocycles. The molecule has 1 aliphatic heterocycles. The van der Waals surface area contributed by atoms with E-state index in [0.29, 0.717) is 18.9 Å². The smallest absolute Gasteiger partial charge is 0.312 e. The minimum Gasteiger partial charge on any atom is -0.355 e. The highest BCUT2D eigenvalue weighted by Gasteiger charge is 2.34. The molecule has 1 aliphatic rings. The van der Waals surface area contributed by atoms with Crippen LogP contribution < -0.4 is 21.1 Å². The molecule has 0 aromatic carbocycles. The molecule has 1 heterocycles. The van der Waals surface area contributed by atoms with E-state index < -0.39 is 12.0 Å². The fraction of sp³-hybridized carbons (Fsp3) is 0.800. The van der Waals surface area contributed by atoms with Crippen molar-refractivity contribution in [1.29, 1.82) is 0 Å². The first-order valence-electron chi connectivity index (χ1n) is 8.15. The van der Waals surface area contributed by atoms with Crippen LogP contribution in [0.3, 0.4) is 0 Å². The number of hydrogen-bond acceptors (Lipinski definition) is 7. The molecule has 1 rings (SSSR count). The van der Waals surface area contributed by atoms with E-state index in [1.807, 2.05) is 6.92 Å². The maximum absolute atomic E-state index is 12.1. The number of nitrogens with two attached hydrogens (primary N) is 1. The van der Waals surface area contributed by atoms with Crippen LogP contribution in [0.25, 0.3) is 0 Å². The molecule has 0 spiro atoms. The predicted molar refractivity (Wildman–Crippen MR) is 95.9 cm³/mol. The van der Waals surface area contributed by atoms with Crippen LogP contribution in [0.5, 0.6) is 0 Å². The van der Waals surface area contributed by atoms with Gasteiger partial charge in [-0.05, 0) is 36.6 Å². The van der Waals surface area contributed by atoms with Crippen LogP contribution in [0.2, 0.25) is 0 Å². The summed E-state index contributed by atoms with van der Waals surface area (Å²) in [5.41, 5.74) is 7.53. The van der Waals surface area contributed by atoms with Crippen molar-refractivity contribution in [3.05, 3.63) is 0 Å². The number of nitrogens with one attached hydrogen (secondary N) is 3. The quantitative estimate of drug-likeness (QED) is 0.334. The average molecular weight is 359 g/mol. The van der Waals surface area contributed by atoms with Crippen molar-refractivity contribution < 1.29 is 14.3 Å². The van der Waals surface area contributed by atoms with E-state index in [4.69, 9.17) is 10.5 Å². The van der Waals surface area contributed by atoms with E-state index in [1.165, 1.54) is 19.1 Å². The number of nitrogens with zero attached hydrogens (tertiary/aromatic N) is 1. The van der Waals surface area contributed by atoms with E-state index >= 15 is 0 Å². The molecule has 0 bridgehead atoms. The maximum Gasteiger partial charge on any atom is 0.312 e. The zero-order valence-electron chi connectivity index (χ0n) is 14.8. The third-order valence-corrected chi connectivity index (χ3v) is 4.46. The molecule has 0 saturated heterocycles. The second kappa shape index (κ2) is 9.97. The standard InChI is InChI=1S/C15H29N5O3S/c1-10(2)7-8-17-14(22)13(16)11(3)5-6-12(21)19-15(23-4)18-9-24-20-15/h9-11,13,20H,5-8,16H2,1-4H3,(H,17,22)(H,19,21). The van der Waals surface area contributed by atoms with Gasteiger partial charge in [-0.2, -0.15) is 4.72 Å². The Morgan fingerprint density at radius 3 is 2.62 bits per heavy atom. The van der Waals surface area contributed by atoms with Crippen molar-refractivity contribution in [3.63, 3.8) is 0 Å². The summed E-state index contributed by atoms with van der Waals surface area (Å²) in [6.45, 7) is 6.69. The highest BCUT2D eigenvalue weighted by Crippen LogP contribution is 2.16. The molecule has 0 radical (unpaired) electrons. The molecular weight excluding hydrogens is 330 g/mol. The fourth-order valence-electron chi connectivity index (χ4n) is 2.09. The molecule has 3 atom stereocenters. The van der Waals surface area contributed by atoms with Gasteiger partial charge in [0.2, 0.25) is 11.8 Å². The summed E-state index contributed by atoms with van der Waals surface area (Å²) in [6.07, 6.45) is 1.66. The molecule has 0 aromatic heterocycles. The Hall–Kier alpha value is -1.16. The number of rotatable bonds is 10. The second-order valence-corrected chi connectivity index (χ2v) is 7.02. The predicted octanol–water partition coefficient (Wildman–Crippen LogP) is 0.546. The van der Waals surface area contributed by atoms with Crippen LogP contribution in [0.4, 0.5) is 0 Å². The molecule has 0 saturated carbocycles. The van der Waals surface area contributed by atoms with Crippen molar-refractivity contribution in [2.45, 2.75) is 52.0 Å². The lowest BCUT2D eigenvalue weighted by Crippen LogP contribution is -2.54. The molecule has 5 N–H and O–H groups in total. The Morgan fingerprint density at radius 1 is 1.38 bits per heavy atom. The summed E-state index contributed by atoms with van der Waals surface area (Å²) in [6, 6.07) is -0.625. The van der Waals surface area contributed by atoms with Crippen molar-refractivity contribution in [3.8, 4) is 0 Å². The summed E-state index contributed by atoms with van der Waals surface area (Å²) in [4.78, 5) is 28.1. The van der Waals surface area contributed by atoms with Crippen molar-refractivity contribution in [2.24, 2.45) is 22.6 Å². The molecular formula is C15H29N5O3S. The van der Waals surface area contributed by atoms with Gasteiger partial charge in [-0.1, -0.05) is 20.8 Å². The van der Waals surface area contributed by atoms with Crippen LogP contribution in [-0.2, 0) is 14.3 Å². The Kier molecular flexibility index (Phi) is 8.68. The van der Waals surface area contributed by atoms with Crippen molar-refractivity contribution in [2.75, 3.05) is 13.7 Å². The first kappa shape index (κ1) is 20.9. The monoisotopic (exact) mass is 359 g/mol. The molecule has 2 amide bonds. The molecule has 0 fully saturated rings. The molecule has 138 valence electrons. The van der Waals surface area contributed by atoms with Crippen LogP contribution in [0, 0.1) is 11.8 Å². The summed E-state index contributed by atoms with van der Waals surface area (Å²) in [7, 11) is 1.45. The zero-order chi connectivity index (χ0) is 18.2. The van der Waals surface area contributed by atoms with Gasteiger partial charge in [0.05, 0.1) is 11.6 Å². The number of amides is 2. The average Bonchev–Trinajstić information content (AvgIpc) is 3.00. The lowest BCUT2D eigenvalue weighted by Gasteiger charge is -2.25. The van der Waals surface area contributed by atoms with Gasteiger partial charge in [-0.25, -0.2) is 4.99 Å². The Bertz CT molecular complexity index is 460. The maximum atomic E-state index is 12.1. The third-order valence-electron chi connectivity index (χ3n) is 3.85. The number of carbonyl (C=O) groups excluding carboxylic acids is 2. The van der Waals surface area contributed by atoms with Crippen LogP contribution in [0.15, 0.2) is 4.99 Å².